The van der Waals surface area contributed by atoms with E-state index in [9.17, 15) is 4.79 Å². The number of anilines is 1. The smallest absolute Gasteiger partial charge is 0.226 e. The van der Waals surface area contributed by atoms with E-state index in [1.165, 1.54) is 19.3 Å². The van der Waals surface area contributed by atoms with Crippen molar-refractivity contribution in [3.63, 3.8) is 0 Å². The molecule has 0 aliphatic rings. The molecule has 0 heterocycles. The molecule has 0 radical (unpaired) electrons. The average Bonchev–Trinajstić information content (AvgIpc) is 2.38. The van der Waals surface area contributed by atoms with Gasteiger partial charge in [-0.25, -0.2) is 0 Å². The van der Waals surface area contributed by atoms with E-state index >= 15 is 0 Å². The topological polar surface area (TPSA) is 41.1 Å². The summed E-state index contributed by atoms with van der Waals surface area (Å²) in [5, 5.41) is 6.11. The van der Waals surface area contributed by atoms with Crippen molar-refractivity contribution in [1.29, 1.82) is 0 Å². The highest BCUT2D eigenvalue weighted by atomic mass is 32.1. The zero-order valence-corrected chi connectivity index (χ0v) is 13.2. The van der Waals surface area contributed by atoms with Gasteiger partial charge >= 0.3 is 0 Å². The fourth-order valence-electron chi connectivity index (χ4n) is 1.96. The molecule has 0 spiro atoms. The Balaban J connectivity index is 2.23. The van der Waals surface area contributed by atoms with Gasteiger partial charge in [-0.15, -0.1) is 0 Å². The maximum Gasteiger partial charge on any atom is 0.226 e. The van der Waals surface area contributed by atoms with Crippen LogP contribution in [0.4, 0.5) is 5.69 Å². The van der Waals surface area contributed by atoms with Crippen LogP contribution < -0.4 is 10.6 Å². The van der Waals surface area contributed by atoms with Crippen LogP contribution in [-0.2, 0) is 4.79 Å². The Morgan fingerprint density at radius 1 is 1.20 bits per heavy atom. The van der Waals surface area contributed by atoms with Gasteiger partial charge < -0.3 is 10.6 Å². The summed E-state index contributed by atoms with van der Waals surface area (Å²) in [6, 6.07) is 7.89. The van der Waals surface area contributed by atoms with Crippen LogP contribution >= 0.6 is 12.2 Å². The van der Waals surface area contributed by atoms with Crippen LogP contribution in [0.25, 0.3) is 0 Å². The second-order valence-corrected chi connectivity index (χ2v) is 5.44. The van der Waals surface area contributed by atoms with Crippen molar-refractivity contribution >= 4 is 28.9 Å². The lowest BCUT2D eigenvalue weighted by Gasteiger charge is -2.10. The fraction of sp³-hybridized carbons (Fsp3) is 0.500. The lowest BCUT2D eigenvalue weighted by Crippen LogP contribution is -2.33. The molecule has 2 N–H and O–H groups in total. The van der Waals surface area contributed by atoms with Gasteiger partial charge in [-0.05, 0) is 43.3 Å². The Kier molecular flexibility index (Phi) is 7.88. The summed E-state index contributed by atoms with van der Waals surface area (Å²) in [6.45, 7) is 4.20. The molecule has 0 aliphatic heterocycles. The number of carbonyl (C=O) groups excluding carboxylic acids is 1. The standard InChI is InChI=1S/C16H24N2OS/c1-3-4-5-6-7-11-15(19)18-16(20)17-14-10-8-9-13(2)12-14/h8-10,12H,3-7,11H2,1-2H3,(H2,17,18,19,20). The Morgan fingerprint density at radius 2 is 1.95 bits per heavy atom. The summed E-state index contributed by atoms with van der Waals surface area (Å²) in [6.07, 6.45) is 6.25. The van der Waals surface area contributed by atoms with Crippen molar-refractivity contribution in [3.05, 3.63) is 29.8 Å². The molecule has 0 bridgehead atoms. The first-order valence-corrected chi connectivity index (χ1v) is 7.70. The second-order valence-electron chi connectivity index (χ2n) is 5.04. The van der Waals surface area contributed by atoms with E-state index in [-0.39, 0.29) is 5.91 Å². The van der Waals surface area contributed by atoms with Crippen LogP contribution in [0.5, 0.6) is 0 Å². The monoisotopic (exact) mass is 292 g/mol. The summed E-state index contributed by atoms with van der Waals surface area (Å²) in [5.41, 5.74) is 2.05. The average molecular weight is 292 g/mol. The third-order valence-corrected chi connectivity index (χ3v) is 3.24. The summed E-state index contributed by atoms with van der Waals surface area (Å²) >= 11 is 5.13. The molecule has 0 saturated heterocycles. The second kappa shape index (κ2) is 9.48. The Bertz CT molecular complexity index is 446. The largest absolute Gasteiger partial charge is 0.332 e. The predicted octanol–water partition coefficient (Wildman–Crippen LogP) is 4.17. The number of hydrogen-bond donors (Lipinski definition) is 2. The van der Waals surface area contributed by atoms with E-state index < -0.39 is 0 Å². The minimum Gasteiger partial charge on any atom is -0.332 e. The first kappa shape index (κ1) is 16.6. The number of aryl methyl sites for hydroxylation is 1. The lowest BCUT2D eigenvalue weighted by atomic mass is 10.1. The van der Waals surface area contributed by atoms with Gasteiger partial charge in [-0.2, -0.15) is 0 Å². The maximum absolute atomic E-state index is 11.7. The summed E-state index contributed by atoms with van der Waals surface area (Å²) in [5.74, 6) is -0.00773. The number of nitrogens with one attached hydrogen (secondary N) is 2. The SMILES string of the molecule is CCCCCCCC(=O)NC(=S)Nc1cccc(C)c1. The van der Waals surface area contributed by atoms with Crippen molar-refractivity contribution < 1.29 is 4.79 Å². The molecule has 0 saturated carbocycles. The van der Waals surface area contributed by atoms with Gasteiger partial charge in [0.15, 0.2) is 5.11 Å². The number of carbonyl (C=O) groups is 1. The molecule has 4 heteroatoms. The molecule has 1 aromatic carbocycles. The van der Waals surface area contributed by atoms with E-state index in [1.54, 1.807) is 0 Å². The number of benzene rings is 1. The van der Waals surface area contributed by atoms with Gasteiger partial charge in [-0.3, -0.25) is 4.79 Å². The molecule has 0 aliphatic carbocycles. The van der Waals surface area contributed by atoms with Crippen molar-refractivity contribution in [3.8, 4) is 0 Å². The molecule has 0 atom stereocenters. The normalized spacial score (nSPS) is 10.1. The van der Waals surface area contributed by atoms with E-state index in [2.05, 4.69) is 17.6 Å². The van der Waals surface area contributed by atoms with Crippen LogP contribution in [0, 0.1) is 6.92 Å². The lowest BCUT2D eigenvalue weighted by molar-refractivity contribution is -0.119. The number of unbranched alkanes of at least 4 members (excludes halogenated alkanes) is 4. The van der Waals surface area contributed by atoms with E-state index in [0.717, 1.165) is 24.1 Å². The molecular weight excluding hydrogens is 268 g/mol. The minimum atomic E-state index is -0.00773. The summed E-state index contributed by atoms with van der Waals surface area (Å²) < 4.78 is 0. The number of hydrogen-bond acceptors (Lipinski definition) is 2. The highest BCUT2D eigenvalue weighted by Crippen LogP contribution is 2.09. The fourth-order valence-corrected chi connectivity index (χ4v) is 2.20. The Hall–Kier alpha value is -1.42. The highest BCUT2D eigenvalue weighted by Gasteiger charge is 2.04. The van der Waals surface area contributed by atoms with Gasteiger partial charge in [0.25, 0.3) is 0 Å². The van der Waals surface area contributed by atoms with Crippen LogP contribution in [0.2, 0.25) is 0 Å². The zero-order chi connectivity index (χ0) is 14.8. The van der Waals surface area contributed by atoms with Crippen LogP contribution in [-0.4, -0.2) is 11.0 Å². The molecular formula is C16H24N2OS. The molecule has 20 heavy (non-hydrogen) atoms. The third-order valence-electron chi connectivity index (χ3n) is 3.04. The summed E-state index contributed by atoms with van der Waals surface area (Å²) in [4.78, 5) is 11.7. The van der Waals surface area contributed by atoms with Gasteiger partial charge in [-0.1, -0.05) is 44.7 Å². The molecule has 3 nitrogen and oxygen atoms in total. The molecule has 1 rings (SSSR count). The number of thiocarbonyl (C=S) groups is 1. The number of rotatable bonds is 7. The van der Waals surface area contributed by atoms with Gasteiger partial charge in [0.1, 0.15) is 0 Å². The molecule has 0 unspecified atom stereocenters. The maximum atomic E-state index is 11.7. The van der Waals surface area contributed by atoms with E-state index in [4.69, 9.17) is 12.2 Å². The van der Waals surface area contributed by atoms with Gasteiger partial charge in [0.2, 0.25) is 5.91 Å². The van der Waals surface area contributed by atoms with Gasteiger partial charge in [0.05, 0.1) is 0 Å². The van der Waals surface area contributed by atoms with E-state index in [0.29, 0.717) is 11.5 Å². The van der Waals surface area contributed by atoms with Crippen LogP contribution in [0.3, 0.4) is 0 Å². The molecule has 1 amide bonds. The molecule has 110 valence electrons. The van der Waals surface area contributed by atoms with Crippen LogP contribution in [0.15, 0.2) is 24.3 Å². The highest BCUT2D eigenvalue weighted by molar-refractivity contribution is 7.80. The van der Waals surface area contributed by atoms with Gasteiger partial charge in [0, 0.05) is 12.1 Å². The zero-order valence-electron chi connectivity index (χ0n) is 12.4. The van der Waals surface area contributed by atoms with Crippen molar-refractivity contribution in [2.24, 2.45) is 0 Å². The molecule has 1 aromatic rings. The quantitative estimate of drug-likeness (QED) is 0.585. The van der Waals surface area contributed by atoms with Crippen molar-refractivity contribution in [2.45, 2.75) is 52.4 Å². The van der Waals surface area contributed by atoms with Crippen LogP contribution in [0.1, 0.15) is 51.0 Å². The number of amides is 1. The first-order chi connectivity index (χ1) is 9.61. The predicted molar refractivity (Wildman–Crippen MR) is 88.9 cm³/mol. The summed E-state index contributed by atoms with van der Waals surface area (Å²) in [7, 11) is 0. The Morgan fingerprint density at radius 3 is 2.65 bits per heavy atom. The van der Waals surface area contributed by atoms with Crippen molar-refractivity contribution in [2.75, 3.05) is 5.32 Å². The van der Waals surface area contributed by atoms with Crippen molar-refractivity contribution in [1.82, 2.24) is 5.32 Å². The van der Waals surface area contributed by atoms with E-state index in [1.807, 2.05) is 31.2 Å². The first-order valence-electron chi connectivity index (χ1n) is 7.29. The Labute approximate surface area is 127 Å². The third kappa shape index (κ3) is 7.24. The molecule has 0 aromatic heterocycles. The molecule has 0 fully saturated rings. The minimum absolute atomic E-state index is 0.00773.